The van der Waals surface area contributed by atoms with Gasteiger partial charge in [-0.25, -0.2) is 0 Å². The van der Waals surface area contributed by atoms with E-state index in [2.05, 4.69) is 37.3 Å². The lowest BCUT2D eigenvalue weighted by Crippen LogP contribution is -2.37. The number of unbranched alkanes of at least 4 members (excludes halogenated alkanes) is 2. The summed E-state index contributed by atoms with van der Waals surface area (Å²) in [7, 11) is -0.712. The Morgan fingerprint density at radius 1 is 1.19 bits per heavy atom. The van der Waals surface area contributed by atoms with E-state index in [0.29, 0.717) is 23.6 Å². The van der Waals surface area contributed by atoms with Crippen molar-refractivity contribution in [1.82, 2.24) is 0 Å². The quantitative estimate of drug-likeness (QED) is 0.778. The molecular formula is C18H29NOS. The van der Waals surface area contributed by atoms with Crippen LogP contribution in [0.3, 0.4) is 0 Å². The van der Waals surface area contributed by atoms with Crippen molar-refractivity contribution in [3.63, 3.8) is 0 Å². The second-order valence-electron chi connectivity index (χ2n) is 6.25. The molecule has 1 saturated carbocycles. The molecule has 0 aliphatic heterocycles. The SMILES string of the molecule is CCCCCS(=O)C1CC(c2ccccc2)CCC1CN. The molecule has 0 bridgehead atoms. The van der Waals surface area contributed by atoms with Gasteiger partial charge in [0.15, 0.2) is 0 Å². The predicted octanol–water partition coefficient (Wildman–Crippen LogP) is 3.84. The van der Waals surface area contributed by atoms with Crippen LogP contribution in [0.15, 0.2) is 30.3 Å². The largest absolute Gasteiger partial charge is 0.330 e. The van der Waals surface area contributed by atoms with Crippen LogP contribution in [0.2, 0.25) is 0 Å². The van der Waals surface area contributed by atoms with Crippen molar-refractivity contribution in [1.29, 1.82) is 0 Å². The first-order chi connectivity index (χ1) is 10.3. The minimum absolute atomic E-state index is 0.297. The molecule has 0 heterocycles. The zero-order valence-electron chi connectivity index (χ0n) is 13.2. The number of rotatable bonds is 7. The van der Waals surface area contributed by atoms with Crippen LogP contribution in [0.1, 0.15) is 56.9 Å². The van der Waals surface area contributed by atoms with Gasteiger partial charge in [-0.3, -0.25) is 4.21 Å². The fraction of sp³-hybridized carbons (Fsp3) is 0.667. The average Bonchev–Trinajstić information content (AvgIpc) is 2.55. The Bertz CT molecular complexity index is 434. The number of hydrogen-bond donors (Lipinski definition) is 1. The Balaban J connectivity index is 2.00. The van der Waals surface area contributed by atoms with Crippen LogP contribution in [0.25, 0.3) is 0 Å². The van der Waals surface area contributed by atoms with Gasteiger partial charge < -0.3 is 5.73 Å². The summed E-state index contributed by atoms with van der Waals surface area (Å²) < 4.78 is 12.7. The van der Waals surface area contributed by atoms with Crippen molar-refractivity contribution < 1.29 is 4.21 Å². The van der Waals surface area contributed by atoms with E-state index in [1.54, 1.807) is 0 Å². The van der Waals surface area contributed by atoms with Gasteiger partial charge in [0.1, 0.15) is 0 Å². The maximum Gasteiger partial charge on any atom is 0.0394 e. The van der Waals surface area contributed by atoms with E-state index in [1.807, 2.05) is 0 Å². The topological polar surface area (TPSA) is 43.1 Å². The molecule has 1 aliphatic rings. The maximum atomic E-state index is 12.7. The zero-order chi connectivity index (χ0) is 15.1. The fourth-order valence-corrected chi connectivity index (χ4v) is 5.37. The molecule has 21 heavy (non-hydrogen) atoms. The highest BCUT2D eigenvalue weighted by atomic mass is 32.2. The molecule has 3 heteroatoms. The van der Waals surface area contributed by atoms with Gasteiger partial charge in [-0.15, -0.1) is 0 Å². The molecule has 4 unspecified atom stereocenters. The number of hydrogen-bond acceptors (Lipinski definition) is 2. The van der Waals surface area contributed by atoms with Gasteiger partial charge in [0, 0.05) is 21.8 Å². The van der Waals surface area contributed by atoms with E-state index < -0.39 is 10.8 Å². The molecule has 1 aromatic carbocycles. The summed E-state index contributed by atoms with van der Waals surface area (Å²) in [6.45, 7) is 2.88. The standard InChI is InChI=1S/C18H29NOS/c1-2-3-7-12-21(20)18-13-16(10-11-17(18)14-19)15-8-5-4-6-9-15/h4-6,8-9,16-18H,2-3,7,10-14,19H2,1H3. The fourth-order valence-electron chi connectivity index (χ4n) is 3.46. The van der Waals surface area contributed by atoms with Crippen molar-refractivity contribution in [3.05, 3.63) is 35.9 Å². The lowest BCUT2D eigenvalue weighted by molar-refractivity contribution is 0.338. The summed E-state index contributed by atoms with van der Waals surface area (Å²) in [4.78, 5) is 0. The van der Waals surface area contributed by atoms with Crippen LogP contribution in [0.4, 0.5) is 0 Å². The van der Waals surface area contributed by atoms with Crippen molar-refractivity contribution in [3.8, 4) is 0 Å². The summed E-state index contributed by atoms with van der Waals surface area (Å²) >= 11 is 0. The van der Waals surface area contributed by atoms with Gasteiger partial charge >= 0.3 is 0 Å². The second kappa shape index (κ2) is 8.70. The van der Waals surface area contributed by atoms with Crippen molar-refractivity contribution >= 4 is 10.8 Å². The number of nitrogens with two attached hydrogens (primary N) is 1. The Morgan fingerprint density at radius 3 is 2.62 bits per heavy atom. The molecule has 4 atom stereocenters. The van der Waals surface area contributed by atoms with Crippen LogP contribution in [-0.4, -0.2) is 21.8 Å². The van der Waals surface area contributed by atoms with Gasteiger partial charge in [0.25, 0.3) is 0 Å². The van der Waals surface area contributed by atoms with Crippen molar-refractivity contribution in [2.75, 3.05) is 12.3 Å². The third-order valence-corrected chi connectivity index (χ3v) is 6.73. The van der Waals surface area contributed by atoms with Gasteiger partial charge in [0.05, 0.1) is 0 Å². The van der Waals surface area contributed by atoms with E-state index in [1.165, 1.54) is 24.8 Å². The van der Waals surface area contributed by atoms with Crippen molar-refractivity contribution in [2.45, 2.75) is 56.6 Å². The van der Waals surface area contributed by atoms with E-state index in [9.17, 15) is 4.21 Å². The molecule has 1 fully saturated rings. The molecule has 2 nitrogen and oxygen atoms in total. The normalized spacial score (nSPS) is 27.4. The van der Waals surface area contributed by atoms with Crippen molar-refractivity contribution in [2.24, 2.45) is 11.7 Å². The molecule has 2 N–H and O–H groups in total. The second-order valence-corrected chi connectivity index (χ2v) is 8.02. The average molecular weight is 308 g/mol. The molecule has 1 aromatic rings. The van der Waals surface area contributed by atoms with Crippen LogP contribution >= 0.6 is 0 Å². The lowest BCUT2D eigenvalue weighted by Gasteiger charge is -2.35. The maximum absolute atomic E-state index is 12.7. The smallest absolute Gasteiger partial charge is 0.0394 e. The third-order valence-electron chi connectivity index (χ3n) is 4.79. The highest BCUT2D eigenvalue weighted by Gasteiger charge is 2.33. The Hall–Kier alpha value is -0.670. The molecule has 0 aromatic heterocycles. The monoisotopic (exact) mass is 307 g/mol. The van der Waals surface area contributed by atoms with Gasteiger partial charge in [-0.1, -0.05) is 50.1 Å². The van der Waals surface area contributed by atoms with E-state index >= 15 is 0 Å². The molecule has 118 valence electrons. The van der Waals surface area contributed by atoms with Crippen LogP contribution in [0, 0.1) is 5.92 Å². The van der Waals surface area contributed by atoms with E-state index in [4.69, 9.17) is 5.73 Å². The molecular weight excluding hydrogens is 278 g/mol. The summed E-state index contributed by atoms with van der Waals surface area (Å²) in [5.41, 5.74) is 7.34. The Morgan fingerprint density at radius 2 is 1.95 bits per heavy atom. The molecule has 0 saturated heterocycles. The van der Waals surface area contributed by atoms with Gasteiger partial charge in [-0.2, -0.15) is 0 Å². The predicted molar refractivity (Wildman–Crippen MR) is 91.9 cm³/mol. The number of benzene rings is 1. The zero-order valence-corrected chi connectivity index (χ0v) is 14.0. The Kier molecular flexibility index (Phi) is 6.91. The first-order valence-electron chi connectivity index (χ1n) is 8.38. The third kappa shape index (κ3) is 4.65. The highest BCUT2D eigenvalue weighted by Crippen LogP contribution is 2.38. The van der Waals surface area contributed by atoms with E-state index in [-0.39, 0.29) is 0 Å². The molecule has 2 rings (SSSR count). The lowest BCUT2D eigenvalue weighted by atomic mass is 9.78. The molecule has 0 amide bonds. The van der Waals surface area contributed by atoms with Crippen LogP contribution < -0.4 is 5.73 Å². The summed E-state index contributed by atoms with van der Waals surface area (Å²) in [6.07, 6.45) is 6.83. The van der Waals surface area contributed by atoms with Crippen LogP contribution in [0.5, 0.6) is 0 Å². The summed E-state index contributed by atoms with van der Waals surface area (Å²) in [5.74, 6) is 1.87. The Labute approximate surface area is 132 Å². The first-order valence-corrected chi connectivity index (χ1v) is 9.76. The van der Waals surface area contributed by atoms with Gasteiger partial charge in [-0.05, 0) is 49.6 Å². The molecule has 0 spiro atoms. The summed E-state index contributed by atoms with van der Waals surface area (Å²) in [5, 5.41) is 0.297. The molecule has 0 radical (unpaired) electrons. The summed E-state index contributed by atoms with van der Waals surface area (Å²) in [6, 6.07) is 10.7. The van der Waals surface area contributed by atoms with Gasteiger partial charge in [0.2, 0.25) is 0 Å². The van der Waals surface area contributed by atoms with E-state index in [0.717, 1.165) is 25.0 Å². The molecule has 1 aliphatic carbocycles. The minimum Gasteiger partial charge on any atom is -0.330 e. The van der Waals surface area contributed by atoms with Crippen LogP contribution in [-0.2, 0) is 10.8 Å². The highest BCUT2D eigenvalue weighted by molar-refractivity contribution is 7.85. The first kappa shape index (κ1) is 16.7. The minimum atomic E-state index is -0.712.